The van der Waals surface area contributed by atoms with Gasteiger partial charge < -0.3 is 14.4 Å². The monoisotopic (exact) mass is 619 g/mol. The minimum Gasteiger partial charge on any atom is -0.501 e. The van der Waals surface area contributed by atoms with Gasteiger partial charge in [-0.3, -0.25) is 0 Å². The second-order valence-electron chi connectivity index (χ2n) is 7.86. The topological polar surface area (TPSA) is 38.9 Å². The first kappa shape index (κ1) is 23.6. The maximum absolute atomic E-state index is 6.05. The van der Waals surface area contributed by atoms with E-state index in [4.69, 9.17) is 4.42 Å². The van der Waals surface area contributed by atoms with E-state index in [9.17, 15) is 0 Å². The second-order valence-corrected chi connectivity index (χ2v) is 7.86. The zero-order valence-electron chi connectivity index (χ0n) is 18.9. The molecule has 6 aromatic rings. The van der Waals surface area contributed by atoms with Gasteiger partial charge in [-0.1, -0.05) is 54.3 Å². The molecular formula is C30H22IrN2O-2. The van der Waals surface area contributed by atoms with Crippen molar-refractivity contribution in [3.8, 4) is 22.5 Å². The van der Waals surface area contributed by atoms with Gasteiger partial charge in [-0.25, -0.2) is 0 Å². The van der Waals surface area contributed by atoms with Gasteiger partial charge in [-0.15, -0.1) is 53.6 Å². The molecule has 0 spiro atoms. The van der Waals surface area contributed by atoms with Crippen LogP contribution in [-0.4, -0.2) is 9.97 Å². The Balaban J connectivity index is 0.000000171. The second kappa shape index (κ2) is 10.6. The van der Waals surface area contributed by atoms with E-state index in [1.165, 1.54) is 16.5 Å². The van der Waals surface area contributed by atoms with Crippen LogP contribution in [0.4, 0.5) is 0 Å². The van der Waals surface area contributed by atoms with Crippen molar-refractivity contribution < 1.29 is 24.5 Å². The summed E-state index contributed by atoms with van der Waals surface area (Å²) in [6.45, 7) is 4.18. The number of furan rings is 1. The van der Waals surface area contributed by atoms with Gasteiger partial charge in [-0.2, -0.15) is 0 Å². The fraction of sp³-hybridized carbons (Fsp3) is 0.0667. The van der Waals surface area contributed by atoms with E-state index < -0.39 is 0 Å². The van der Waals surface area contributed by atoms with Crippen LogP contribution >= 0.6 is 0 Å². The molecule has 0 aliphatic heterocycles. The smallest absolute Gasteiger partial charge is 0.121 e. The average molecular weight is 619 g/mol. The van der Waals surface area contributed by atoms with Gasteiger partial charge in [0.2, 0.25) is 0 Å². The molecule has 0 saturated carbocycles. The number of aryl methyl sites for hydroxylation is 2. The fourth-order valence-corrected chi connectivity index (χ4v) is 3.92. The van der Waals surface area contributed by atoms with Crippen molar-refractivity contribution in [3.05, 3.63) is 121 Å². The molecule has 0 aliphatic rings. The quantitative estimate of drug-likeness (QED) is 0.188. The zero-order chi connectivity index (χ0) is 22.6. The molecule has 0 N–H and O–H groups in total. The van der Waals surface area contributed by atoms with E-state index in [0.29, 0.717) is 0 Å². The molecule has 3 aromatic carbocycles. The van der Waals surface area contributed by atoms with Gasteiger partial charge in [0, 0.05) is 37.9 Å². The summed E-state index contributed by atoms with van der Waals surface area (Å²) in [5, 5.41) is 2.30. The van der Waals surface area contributed by atoms with Gasteiger partial charge in [0.25, 0.3) is 0 Å². The van der Waals surface area contributed by atoms with Crippen molar-refractivity contribution in [2.24, 2.45) is 0 Å². The van der Waals surface area contributed by atoms with Crippen LogP contribution in [-0.2, 0) is 20.1 Å². The maximum atomic E-state index is 6.05. The average Bonchev–Trinajstić information content (AvgIpc) is 3.26. The predicted molar refractivity (Wildman–Crippen MR) is 134 cm³/mol. The zero-order valence-corrected chi connectivity index (χ0v) is 21.3. The third-order valence-corrected chi connectivity index (χ3v) is 5.48. The largest absolute Gasteiger partial charge is 0.501 e. The van der Waals surface area contributed by atoms with Crippen LogP contribution < -0.4 is 0 Å². The molecule has 0 aliphatic carbocycles. The van der Waals surface area contributed by atoms with E-state index in [0.717, 1.165) is 39.1 Å². The van der Waals surface area contributed by atoms with Crippen LogP contribution in [0.25, 0.3) is 44.5 Å². The summed E-state index contributed by atoms with van der Waals surface area (Å²) >= 11 is 0. The molecule has 1 radical (unpaired) electrons. The van der Waals surface area contributed by atoms with Crippen LogP contribution in [0.1, 0.15) is 11.1 Å². The number of aromatic nitrogens is 2. The van der Waals surface area contributed by atoms with Crippen LogP contribution in [0.15, 0.2) is 102 Å². The molecular weight excluding hydrogens is 597 g/mol. The Morgan fingerprint density at radius 2 is 1.47 bits per heavy atom. The molecule has 3 heterocycles. The summed E-state index contributed by atoms with van der Waals surface area (Å²) in [6, 6.07) is 34.3. The first-order valence-electron chi connectivity index (χ1n) is 10.8. The van der Waals surface area contributed by atoms with Crippen molar-refractivity contribution in [3.63, 3.8) is 0 Å². The molecule has 4 heteroatoms. The summed E-state index contributed by atoms with van der Waals surface area (Å²) in [6.07, 6.45) is 3.58. The standard InChI is InChI=1S/C18H12NO.C12H10N.Ir/c1-12-6-4-10-16-17(12)14-8-5-7-13(18(14)20-16)15-9-2-3-11-19-15;1-10-5-4-6-11(9-10)12-7-2-3-8-13-12;/h2-6,8-11H,1H3;2-5,7-9H,1H3;/q2*-1;. The molecule has 0 unspecified atom stereocenters. The summed E-state index contributed by atoms with van der Waals surface area (Å²) in [5.41, 5.74) is 8.06. The molecule has 3 nitrogen and oxygen atoms in total. The van der Waals surface area contributed by atoms with Crippen molar-refractivity contribution in [1.29, 1.82) is 0 Å². The first-order valence-corrected chi connectivity index (χ1v) is 10.8. The fourth-order valence-electron chi connectivity index (χ4n) is 3.92. The van der Waals surface area contributed by atoms with Crippen LogP contribution in [0.3, 0.4) is 0 Å². The van der Waals surface area contributed by atoms with Gasteiger partial charge in [0.05, 0.1) is 5.58 Å². The van der Waals surface area contributed by atoms with E-state index in [1.807, 2.05) is 66.7 Å². The molecule has 0 atom stereocenters. The van der Waals surface area contributed by atoms with Gasteiger partial charge in [0.1, 0.15) is 5.58 Å². The minimum atomic E-state index is 0. The van der Waals surface area contributed by atoms with E-state index >= 15 is 0 Å². The number of hydrogen-bond donors (Lipinski definition) is 0. The summed E-state index contributed by atoms with van der Waals surface area (Å²) in [4.78, 5) is 8.66. The third-order valence-electron chi connectivity index (χ3n) is 5.48. The number of nitrogens with zero attached hydrogens (tertiary/aromatic N) is 2. The van der Waals surface area contributed by atoms with E-state index in [1.54, 1.807) is 12.4 Å². The van der Waals surface area contributed by atoms with Crippen molar-refractivity contribution in [2.75, 3.05) is 0 Å². The summed E-state index contributed by atoms with van der Waals surface area (Å²) in [5.74, 6) is 0. The Morgan fingerprint density at radius 3 is 2.18 bits per heavy atom. The Labute approximate surface area is 212 Å². The molecule has 0 amide bonds. The molecule has 169 valence electrons. The van der Waals surface area contributed by atoms with Crippen molar-refractivity contribution in [2.45, 2.75) is 13.8 Å². The predicted octanol–water partition coefficient (Wildman–Crippen LogP) is 7.61. The van der Waals surface area contributed by atoms with Crippen LogP contribution in [0.2, 0.25) is 0 Å². The minimum absolute atomic E-state index is 0. The molecule has 3 aromatic heterocycles. The molecule has 6 rings (SSSR count). The third kappa shape index (κ3) is 4.84. The number of pyridine rings is 2. The number of benzene rings is 3. The normalized spacial score (nSPS) is 10.4. The Kier molecular flexibility index (Phi) is 7.32. The van der Waals surface area contributed by atoms with Gasteiger partial charge in [-0.05, 0) is 42.1 Å². The summed E-state index contributed by atoms with van der Waals surface area (Å²) < 4.78 is 6.05. The SMILES string of the molecule is Cc1cc[c-]c(-c2ccccn2)c1.Cc1cccc2oc3c(-c4ccccn4)[c-]ccc3c12.[Ir]. The maximum Gasteiger partial charge on any atom is 0.121 e. The van der Waals surface area contributed by atoms with Gasteiger partial charge in [0.15, 0.2) is 0 Å². The number of rotatable bonds is 2. The van der Waals surface area contributed by atoms with E-state index in [-0.39, 0.29) is 20.1 Å². The first-order chi connectivity index (χ1) is 16.2. The van der Waals surface area contributed by atoms with Crippen LogP contribution in [0, 0.1) is 26.0 Å². The van der Waals surface area contributed by atoms with Crippen molar-refractivity contribution >= 4 is 21.9 Å². The van der Waals surface area contributed by atoms with Gasteiger partial charge >= 0.3 is 0 Å². The molecule has 0 bridgehead atoms. The van der Waals surface area contributed by atoms with Crippen molar-refractivity contribution in [1.82, 2.24) is 9.97 Å². The number of fused-ring (bicyclic) bond motifs is 3. The number of hydrogen-bond acceptors (Lipinski definition) is 3. The Morgan fingerprint density at radius 1 is 0.735 bits per heavy atom. The Bertz CT molecular complexity index is 1530. The summed E-state index contributed by atoms with van der Waals surface area (Å²) in [7, 11) is 0. The molecule has 34 heavy (non-hydrogen) atoms. The van der Waals surface area contributed by atoms with E-state index in [2.05, 4.69) is 54.1 Å². The van der Waals surface area contributed by atoms with Crippen LogP contribution in [0.5, 0.6) is 0 Å². The Hall–Kier alpha value is -3.59. The molecule has 0 saturated heterocycles. The molecule has 0 fully saturated rings.